The van der Waals surface area contributed by atoms with E-state index in [1.165, 1.54) is 0 Å². The SMILES string of the molecule is CCC(C)C(N)C(=O)Nc1ccc(OCCN(C)C)cc1.Cl. The van der Waals surface area contributed by atoms with Gasteiger partial charge in [0.1, 0.15) is 12.4 Å². The molecule has 1 aromatic rings. The summed E-state index contributed by atoms with van der Waals surface area (Å²) in [5.74, 6) is 0.810. The molecule has 0 saturated carbocycles. The first-order valence-electron chi connectivity index (χ1n) is 7.38. The zero-order chi connectivity index (χ0) is 15.8. The van der Waals surface area contributed by atoms with E-state index in [4.69, 9.17) is 10.5 Å². The van der Waals surface area contributed by atoms with Gasteiger partial charge in [0, 0.05) is 12.2 Å². The number of hydrogen-bond donors (Lipinski definition) is 2. The fraction of sp³-hybridized carbons (Fsp3) is 0.562. The third-order valence-electron chi connectivity index (χ3n) is 3.49. The molecule has 5 nitrogen and oxygen atoms in total. The van der Waals surface area contributed by atoms with Crippen molar-refractivity contribution in [3.63, 3.8) is 0 Å². The average Bonchev–Trinajstić information content (AvgIpc) is 2.47. The Morgan fingerprint density at radius 3 is 2.41 bits per heavy atom. The van der Waals surface area contributed by atoms with E-state index >= 15 is 0 Å². The van der Waals surface area contributed by atoms with Crippen LogP contribution in [0.4, 0.5) is 5.69 Å². The molecular formula is C16H28ClN3O2. The van der Waals surface area contributed by atoms with Crippen molar-refractivity contribution < 1.29 is 9.53 Å². The molecule has 0 aliphatic rings. The molecule has 0 heterocycles. The van der Waals surface area contributed by atoms with Crippen molar-refractivity contribution >= 4 is 24.0 Å². The van der Waals surface area contributed by atoms with Crippen LogP contribution < -0.4 is 15.8 Å². The van der Waals surface area contributed by atoms with Crippen LogP contribution in [0.2, 0.25) is 0 Å². The second kappa shape index (κ2) is 10.4. The summed E-state index contributed by atoms with van der Waals surface area (Å²) in [4.78, 5) is 14.0. The number of nitrogens with two attached hydrogens (primary N) is 1. The Labute approximate surface area is 139 Å². The summed E-state index contributed by atoms with van der Waals surface area (Å²) in [5.41, 5.74) is 6.64. The molecule has 6 heteroatoms. The summed E-state index contributed by atoms with van der Waals surface area (Å²) in [6.07, 6.45) is 0.882. The molecule has 3 N–H and O–H groups in total. The third-order valence-corrected chi connectivity index (χ3v) is 3.49. The summed E-state index contributed by atoms with van der Waals surface area (Å²) in [7, 11) is 4.01. The van der Waals surface area contributed by atoms with Gasteiger partial charge in [-0.2, -0.15) is 0 Å². The van der Waals surface area contributed by atoms with Crippen LogP contribution in [-0.2, 0) is 4.79 Å². The summed E-state index contributed by atoms with van der Waals surface area (Å²) >= 11 is 0. The maximum Gasteiger partial charge on any atom is 0.241 e. The molecule has 0 aliphatic carbocycles. The Morgan fingerprint density at radius 1 is 1.32 bits per heavy atom. The number of amides is 1. The van der Waals surface area contributed by atoms with Gasteiger partial charge >= 0.3 is 0 Å². The third kappa shape index (κ3) is 7.11. The van der Waals surface area contributed by atoms with E-state index in [-0.39, 0.29) is 24.2 Å². The predicted molar refractivity (Wildman–Crippen MR) is 93.8 cm³/mol. The van der Waals surface area contributed by atoms with Crippen LogP contribution in [0.5, 0.6) is 5.75 Å². The smallest absolute Gasteiger partial charge is 0.241 e. The number of likely N-dealkylation sites (N-methyl/N-ethyl adjacent to an activating group) is 1. The molecule has 0 bridgehead atoms. The quantitative estimate of drug-likeness (QED) is 0.768. The van der Waals surface area contributed by atoms with E-state index in [9.17, 15) is 4.79 Å². The first kappa shape index (κ1) is 20.7. The minimum Gasteiger partial charge on any atom is -0.492 e. The largest absolute Gasteiger partial charge is 0.492 e. The van der Waals surface area contributed by atoms with Crippen molar-refractivity contribution in [3.05, 3.63) is 24.3 Å². The Balaban J connectivity index is 0.00000441. The molecule has 126 valence electrons. The van der Waals surface area contributed by atoms with Crippen molar-refractivity contribution in [2.75, 3.05) is 32.6 Å². The van der Waals surface area contributed by atoms with E-state index in [0.717, 1.165) is 24.4 Å². The van der Waals surface area contributed by atoms with E-state index in [1.54, 1.807) is 0 Å². The molecule has 2 atom stereocenters. The second-order valence-corrected chi connectivity index (χ2v) is 5.58. The van der Waals surface area contributed by atoms with Gasteiger partial charge in [0.2, 0.25) is 5.91 Å². The van der Waals surface area contributed by atoms with Crippen molar-refractivity contribution in [2.45, 2.75) is 26.3 Å². The molecule has 0 fully saturated rings. The Bertz CT molecular complexity index is 438. The predicted octanol–water partition coefficient (Wildman–Crippen LogP) is 2.36. The number of hydrogen-bond acceptors (Lipinski definition) is 4. The number of ether oxygens (including phenoxy) is 1. The van der Waals surface area contributed by atoms with Gasteiger partial charge in [-0.3, -0.25) is 4.79 Å². The Morgan fingerprint density at radius 2 is 1.91 bits per heavy atom. The fourth-order valence-corrected chi connectivity index (χ4v) is 1.72. The highest BCUT2D eigenvalue weighted by molar-refractivity contribution is 5.94. The topological polar surface area (TPSA) is 67.6 Å². The van der Waals surface area contributed by atoms with Gasteiger partial charge in [0.25, 0.3) is 0 Å². The number of nitrogens with zero attached hydrogens (tertiary/aromatic N) is 1. The number of benzene rings is 1. The van der Waals surface area contributed by atoms with Gasteiger partial charge in [-0.1, -0.05) is 20.3 Å². The zero-order valence-electron chi connectivity index (χ0n) is 13.8. The Hall–Kier alpha value is -1.30. The van der Waals surface area contributed by atoms with E-state index in [2.05, 4.69) is 10.2 Å². The highest BCUT2D eigenvalue weighted by Crippen LogP contribution is 2.16. The molecule has 0 spiro atoms. The first-order valence-corrected chi connectivity index (χ1v) is 7.38. The summed E-state index contributed by atoms with van der Waals surface area (Å²) < 4.78 is 5.60. The zero-order valence-corrected chi connectivity index (χ0v) is 14.7. The van der Waals surface area contributed by atoms with Gasteiger partial charge in [-0.25, -0.2) is 0 Å². The van der Waals surface area contributed by atoms with E-state index < -0.39 is 6.04 Å². The van der Waals surface area contributed by atoms with Crippen LogP contribution in [0.15, 0.2) is 24.3 Å². The van der Waals surface area contributed by atoms with Crippen molar-refractivity contribution in [2.24, 2.45) is 11.7 Å². The molecule has 22 heavy (non-hydrogen) atoms. The minimum atomic E-state index is -0.481. The lowest BCUT2D eigenvalue weighted by atomic mass is 9.99. The van der Waals surface area contributed by atoms with Gasteiger partial charge in [0.15, 0.2) is 0 Å². The molecule has 0 saturated heterocycles. The normalized spacial score (nSPS) is 13.2. The summed E-state index contributed by atoms with van der Waals surface area (Å²) in [6.45, 7) is 5.50. The summed E-state index contributed by atoms with van der Waals surface area (Å²) in [5, 5.41) is 2.83. The minimum absolute atomic E-state index is 0. The van der Waals surface area contributed by atoms with Crippen LogP contribution in [0.25, 0.3) is 0 Å². The molecule has 0 radical (unpaired) electrons. The lowest BCUT2D eigenvalue weighted by molar-refractivity contribution is -0.118. The van der Waals surface area contributed by atoms with Gasteiger partial charge in [-0.15, -0.1) is 12.4 Å². The maximum atomic E-state index is 12.0. The maximum absolute atomic E-state index is 12.0. The van der Waals surface area contributed by atoms with E-state index in [1.807, 2.05) is 52.2 Å². The number of nitrogens with one attached hydrogen (secondary N) is 1. The molecule has 2 unspecified atom stereocenters. The first-order chi connectivity index (χ1) is 9.93. The van der Waals surface area contributed by atoms with Crippen molar-refractivity contribution in [1.82, 2.24) is 4.90 Å². The van der Waals surface area contributed by atoms with Gasteiger partial charge < -0.3 is 20.7 Å². The van der Waals surface area contributed by atoms with Crippen LogP contribution in [0, 0.1) is 5.92 Å². The average molecular weight is 330 g/mol. The van der Waals surface area contributed by atoms with Crippen LogP contribution in [0.1, 0.15) is 20.3 Å². The number of carbonyl (C=O) groups is 1. The number of halogens is 1. The molecular weight excluding hydrogens is 302 g/mol. The molecule has 0 aliphatic heterocycles. The van der Waals surface area contributed by atoms with Gasteiger partial charge in [-0.05, 0) is 44.3 Å². The standard InChI is InChI=1S/C16H27N3O2.ClH/c1-5-12(2)15(17)16(20)18-13-6-8-14(9-7-13)21-11-10-19(3)4;/h6-9,12,15H,5,10-11,17H2,1-4H3,(H,18,20);1H. The lowest BCUT2D eigenvalue weighted by Gasteiger charge is -2.18. The van der Waals surface area contributed by atoms with Crippen molar-refractivity contribution in [1.29, 1.82) is 0 Å². The van der Waals surface area contributed by atoms with Crippen molar-refractivity contribution in [3.8, 4) is 5.75 Å². The highest BCUT2D eigenvalue weighted by Gasteiger charge is 2.19. The lowest BCUT2D eigenvalue weighted by Crippen LogP contribution is -2.40. The number of carbonyl (C=O) groups excluding carboxylic acids is 1. The molecule has 0 aromatic heterocycles. The summed E-state index contributed by atoms with van der Waals surface area (Å²) in [6, 6.07) is 6.87. The van der Waals surface area contributed by atoms with E-state index in [0.29, 0.717) is 6.61 Å². The Kier molecular flexibility index (Phi) is 9.81. The van der Waals surface area contributed by atoms with Crippen LogP contribution >= 0.6 is 12.4 Å². The molecule has 1 amide bonds. The highest BCUT2D eigenvalue weighted by atomic mass is 35.5. The fourth-order valence-electron chi connectivity index (χ4n) is 1.72. The van der Waals surface area contributed by atoms with Gasteiger partial charge in [0.05, 0.1) is 6.04 Å². The molecule has 1 aromatic carbocycles. The molecule has 1 rings (SSSR count). The number of rotatable bonds is 8. The van der Waals surface area contributed by atoms with Crippen LogP contribution in [-0.4, -0.2) is 44.1 Å². The van der Waals surface area contributed by atoms with Crippen LogP contribution in [0.3, 0.4) is 0 Å². The number of anilines is 1. The second-order valence-electron chi connectivity index (χ2n) is 5.58. The monoisotopic (exact) mass is 329 g/mol.